The summed E-state index contributed by atoms with van der Waals surface area (Å²) in [5, 5.41) is 2.76. The van der Waals surface area contributed by atoms with Gasteiger partial charge in [-0.2, -0.15) is 0 Å². The fourth-order valence-electron chi connectivity index (χ4n) is 2.63. The Hall–Kier alpha value is -1.78. The van der Waals surface area contributed by atoms with E-state index in [4.69, 9.17) is 0 Å². The van der Waals surface area contributed by atoms with Crippen LogP contribution in [-0.4, -0.2) is 0 Å². The number of allylic oxidation sites excluding steroid dienone is 1. The molecule has 78 valence electrons. The number of hydrogen-bond acceptors (Lipinski definition) is 0. The highest BCUT2D eigenvalue weighted by Gasteiger charge is 2.12. The van der Waals surface area contributed by atoms with Crippen molar-refractivity contribution in [2.75, 3.05) is 0 Å². The molecule has 0 saturated carbocycles. The lowest BCUT2D eigenvalue weighted by Crippen LogP contribution is -1.99. The molecular weight excluding hydrogens is 192 g/mol. The van der Waals surface area contributed by atoms with E-state index in [2.05, 4.69) is 56.0 Å². The van der Waals surface area contributed by atoms with Crippen molar-refractivity contribution in [2.45, 2.75) is 20.3 Å². The van der Waals surface area contributed by atoms with Gasteiger partial charge < -0.3 is 0 Å². The van der Waals surface area contributed by atoms with Gasteiger partial charge in [0, 0.05) is 0 Å². The lowest BCUT2D eigenvalue weighted by Gasteiger charge is -2.17. The SMILES string of the molecule is Cc1c2c(c(C)c3ccccc13)CC=C=C2. The van der Waals surface area contributed by atoms with Gasteiger partial charge in [-0.15, -0.1) is 5.73 Å². The predicted molar refractivity (Wildman–Crippen MR) is 69.7 cm³/mol. The van der Waals surface area contributed by atoms with Crippen molar-refractivity contribution in [3.63, 3.8) is 0 Å². The Labute approximate surface area is 95.9 Å². The monoisotopic (exact) mass is 206 g/mol. The first kappa shape index (κ1) is 9.45. The van der Waals surface area contributed by atoms with Crippen molar-refractivity contribution in [1.82, 2.24) is 0 Å². The van der Waals surface area contributed by atoms with Gasteiger partial charge in [-0.05, 0) is 65.4 Å². The van der Waals surface area contributed by atoms with Gasteiger partial charge in [0.15, 0.2) is 0 Å². The second-order valence-electron chi connectivity index (χ2n) is 4.41. The molecule has 2 aromatic carbocycles. The highest BCUT2D eigenvalue weighted by atomic mass is 14.2. The Morgan fingerprint density at radius 1 is 1.00 bits per heavy atom. The molecule has 0 aliphatic heterocycles. The van der Waals surface area contributed by atoms with E-state index in [1.165, 1.54) is 33.0 Å². The van der Waals surface area contributed by atoms with Crippen LogP contribution in [0.25, 0.3) is 16.8 Å². The van der Waals surface area contributed by atoms with Gasteiger partial charge in [0.2, 0.25) is 0 Å². The molecule has 0 unspecified atom stereocenters. The number of fused-ring (bicyclic) bond motifs is 2. The van der Waals surface area contributed by atoms with E-state index in [0.29, 0.717) is 0 Å². The molecule has 0 amide bonds. The Morgan fingerprint density at radius 2 is 1.69 bits per heavy atom. The molecule has 2 aromatic rings. The largest absolute Gasteiger partial charge is 0.124 e. The lowest BCUT2D eigenvalue weighted by atomic mass is 9.87. The van der Waals surface area contributed by atoms with E-state index >= 15 is 0 Å². The van der Waals surface area contributed by atoms with E-state index in [1.54, 1.807) is 0 Å². The lowest BCUT2D eigenvalue weighted by molar-refractivity contribution is 1.20. The van der Waals surface area contributed by atoms with Gasteiger partial charge in [-0.25, -0.2) is 0 Å². The molecule has 0 fully saturated rings. The third-order valence-electron chi connectivity index (χ3n) is 3.57. The van der Waals surface area contributed by atoms with Crippen molar-refractivity contribution in [3.8, 4) is 0 Å². The maximum absolute atomic E-state index is 3.22. The zero-order valence-electron chi connectivity index (χ0n) is 9.67. The molecular formula is C16H14. The summed E-state index contributed by atoms with van der Waals surface area (Å²) < 4.78 is 0. The summed E-state index contributed by atoms with van der Waals surface area (Å²) in [6, 6.07) is 8.67. The van der Waals surface area contributed by atoms with Crippen LogP contribution in [-0.2, 0) is 6.42 Å². The maximum Gasteiger partial charge on any atom is -0.00121 e. The fraction of sp³-hybridized carbons (Fsp3) is 0.188. The van der Waals surface area contributed by atoms with Crippen molar-refractivity contribution in [1.29, 1.82) is 0 Å². The summed E-state index contributed by atoms with van der Waals surface area (Å²) in [4.78, 5) is 0. The molecule has 0 heteroatoms. The van der Waals surface area contributed by atoms with Crippen molar-refractivity contribution < 1.29 is 0 Å². The summed E-state index contributed by atoms with van der Waals surface area (Å²) in [7, 11) is 0. The van der Waals surface area contributed by atoms with E-state index in [0.717, 1.165) is 6.42 Å². The van der Waals surface area contributed by atoms with Gasteiger partial charge in [0.05, 0.1) is 0 Å². The standard InChI is InChI=1S/C16H14/c1-11-13-7-3-5-9-15(13)12(2)16-10-6-4-8-14(11)16/h3-5,7,9-10H,8H2,1-2H3. The van der Waals surface area contributed by atoms with E-state index in [1.807, 2.05) is 0 Å². The fourth-order valence-corrected chi connectivity index (χ4v) is 2.63. The summed E-state index contributed by atoms with van der Waals surface area (Å²) in [6.45, 7) is 4.44. The molecule has 0 N–H and O–H groups in total. The van der Waals surface area contributed by atoms with Crippen LogP contribution in [0.2, 0.25) is 0 Å². The predicted octanol–water partition coefficient (Wildman–Crippen LogP) is 4.18. The van der Waals surface area contributed by atoms with Gasteiger partial charge in [0.25, 0.3) is 0 Å². The summed E-state index contributed by atoms with van der Waals surface area (Å²) in [5.41, 5.74) is 8.87. The molecule has 1 aliphatic rings. The van der Waals surface area contributed by atoms with E-state index in [9.17, 15) is 0 Å². The Bertz CT molecular complexity index is 639. The Morgan fingerprint density at radius 3 is 2.44 bits per heavy atom. The summed E-state index contributed by atoms with van der Waals surface area (Å²) in [5.74, 6) is 0. The summed E-state index contributed by atoms with van der Waals surface area (Å²) in [6.07, 6.45) is 5.25. The normalized spacial score (nSPS) is 13.1. The first-order chi connectivity index (χ1) is 7.79. The van der Waals surface area contributed by atoms with Crippen LogP contribution >= 0.6 is 0 Å². The first-order valence-electron chi connectivity index (χ1n) is 5.71. The Kier molecular flexibility index (Phi) is 1.99. The van der Waals surface area contributed by atoms with E-state index in [-0.39, 0.29) is 0 Å². The molecule has 0 nitrogen and oxygen atoms in total. The van der Waals surface area contributed by atoms with E-state index < -0.39 is 0 Å². The molecule has 0 saturated heterocycles. The topological polar surface area (TPSA) is 0 Å². The van der Waals surface area contributed by atoms with Crippen LogP contribution in [0, 0.1) is 13.8 Å². The molecule has 0 bridgehead atoms. The van der Waals surface area contributed by atoms with Crippen LogP contribution in [0.5, 0.6) is 0 Å². The minimum absolute atomic E-state index is 1.02. The van der Waals surface area contributed by atoms with Crippen LogP contribution < -0.4 is 0 Å². The van der Waals surface area contributed by atoms with Crippen LogP contribution in [0.3, 0.4) is 0 Å². The highest BCUT2D eigenvalue weighted by Crippen LogP contribution is 2.32. The van der Waals surface area contributed by atoms with Crippen molar-refractivity contribution in [2.24, 2.45) is 0 Å². The molecule has 16 heavy (non-hydrogen) atoms. The zero-order valence-corrected chi connectivity index (χ0v) is 9.67. The van der Waals surface area contributed by atoms with Gasteiger partial charge in [-0.1, -0.05) is 24.3 Å². The third kappa shape index (κ3) is 1.17. The van der Waals surface area contributed by atoms with Crippen LogP contribution in [0.15, 0.2) is 36.1 Å². The smallest absolute Gasteiger partial charge is 0.00121 e. The minimum atomic E-state index is 1.02. The molecule has 1 aliphatic carbocycles. The minimum Gasteiger partial charge on any atom is -0.124 e. The average Bonchev–Trinajstić information content (AvgIpc) is 2.36. The third-order valence-corrected chi connectivity index (χ3v) is 3.57. The van der Waals surface area contributed by atoms with Gasteiger partial charge >= 0.3 is 0 Å². The van der Waals surface area contributed by atoms with Crippen LogP contribution in [0.1, 0.15) is 22.3 Å². The molecule has 0 heterocycles. The van der Waals surface area contributed by atoms with Gasteiger partial charge in [-0.3, -0.25) is 0 Å². The molecule has 0 aromatic heterocycles. The number of benzene rings is 2. The molecule has 0 spiro atoms. The van der Waals surface area contributed by atoms with Crippen LogP contribution in [0.4, 0.5) is 0 Å². The molecule has 0 radical (unpaired) electrons. The van der Waals surface area contributed by atoms with Crippen molar-refractivity contribution >= 4 is 16.8 Å². The second-order valence-corrected chi connectivity index (χ2v) is 4.41. The van der Waals surface area contributed by atoms with Gasteiger partial charge in [0.1, 0.15) is 0 Å². The second kappa shape index (κ2) is 3.37. The quantitative estimate of drug-likeness (QED) is 0.567. The number of rotatable bonds is 0. The summed E-state index contributed by atoms with van der Waals surface area (Å²) >= 11 is 0. The highest BCUT2D eigenvalue weighted by molar-refractivity contribution is 5.93. The Balaban J connectivity index is 2.54. The zero-order chi connectivity index (χ0) is 11.1. The average molecular weight is 206 g/mol. The number of hydrogen-bond donors (Lipinski definition) is 0. The number of aryl methyl sites for hydroxylation is 2. The van der Waals surface area contributed by atoms with Crippen molar-refractivity contribution in [3.05, 3.63) is 58.3 Å². The molecule has 3 rings (SSSR count). The molecule has 0 atom stereocenters. The maximum atomic E-state index is 3.22. The first-order valence-corrected chi connectivity index (χ1v) is 5.71.